The number of carbonyl (C=O) groups is 2. The average molecular weight is 558 g/mol. The Kier molecular flexibility index (Phi) is 7.70. The molecule has 5 rings (SSSR count). The molecule has 0 aliphatic heterocycles. The lowest BCUT2D eigenvalue weighted by Gasteiger charge is -2.14. The number of Topliss-reactive ketones (excluding diaryl/α,β-unsaturated/α-hetero) is 1. The minimum Gasteiger partial charge on any atom is -0.322 e. The summed E-state index contributed by atoms with van der Waals surface area (Å²) in [6, 6.07) is 8.27. The first kappa shape index (κ1) is 27.8. The van der Waals surface area contributed by atoms with Crippen molar-refractivity contribution >= 4 is 17.4 Å². The molecule has 0 bridgehead atoms. The summed E-state index contributed by atoms with van der Waals surface area (Å²) in [5.74, 6) is 7.00. The zero-order chi connectivity index (χ0) is 29.1. The Bertz CT molecular complexity index is 1680. The first-order chi connectivity index (χ1) is 19.6. The van der Waals surface area contributed by atoms with Crippen molar-refractivity contribution in [2.75, 3.05) is 5.32 Å². The van der Waals surface area contributed by atoms with Crippen LogP contribution in [-0.4, -0.2) is 31.2 Å². The number of anilines is 1. The summed E-state index contributed by atoms with van der Waals surface area (Å²) in [4.78, 5) is 37.6. The van der Waals surface area contributed by atoms with E-state index in [0.29, 0.717) is 35.6 Å². The monoisotopic (exact) mass is 557 g/mol. The quantitative estimate of drug-likeness (QED) is 0.288. The summed E-state index contributed by atoms with van der Waals surface area (Å²) in [5, 5.41) is 2.58. The molecule has 7 nitrogen and oxygen atoms in total. The normalized spacial score (nSPS) is 12.9. The van der Waals surface area contributed by atoms with Crippen molar-refractivity contribution in [2.24, 2.45) is 5.92 Å². The molecule has 41 heavy (non-hydrogen) atoms. The summed E-state index contributed by atoms with van der Waals surface area (Å²) in [6.45, 7) is 3.51. The van der Waals surface area contributed by atoms with Crippen LogP contribution in [0, 0.1) is 31.6 Å². The molecule has 1 fully saturated rings. The Hall–Kier alpha value is -4.78. The second-order valence-electron chi connectivity index (χ2n) is 9.97. The molecular formula is C31H26F3N5O2. The number of benzene rings is 2. The van der Waals surface area contributed by atoms with Gasteiger partial charge in [0.1, 0.15) is 17.4 Å². The third-order valence-electron chi connectivity index (χ3n) is 6.78. The van der Waals surface area contributed by atoms with Gasteiger partial charge in [-0.1, -0.05) is 17.9 Å². The minimum atomic E-state index is -4.60. The van der Waals surface area contributed by atoms with E-state index in [4.69, 9.17) is 0 Å². The molecule has 2 aromatic heterocycles. The highest BCUT2D eigenvalue weighted by Crippen LogP contribution is 2.33. The van der Waals surface area contributed by atoms with Crippen molar-refractivity contribution in [3.8, 4) is 17.5 Å². The molecule has 4 aromatic rings. The van der Waals surface area contributed by atoms with Crippen molar-refractivity contribution in [3.05, 3.63) is 101 Å². The molecule has 0 atom stereocenters. The number of aromatic nitrogens is 4. The third-order valence-corrected chi connectivity index (χ3v) is 6.78. The van der Waals surface area contributed by atoms with Crippen molar-refractivity contribution in [2.45, 2.75) is 45.7 Å². The lowest BCUT2D eigenvalue weighted by atomic mass is 10.0. The highest BCUT2D eigenvalue weighted by atomic mass is 19.4. The number of rotatable bonds is 7. The Labute approximate surface area is 234 Å². The van der Waals surface area contributed by atoms with E-state index < -0.39 is 17.6 Å². The largest absolute Gasteiger partial charge is 0.416 e. The number of hydrogen-bond acceptors (Lipinski definition) is 5. The summed E-state index contributed by atoms with van der Waals surface area (Å²) in [7, 11) is 0. The van der Waals surface area contributed by atoms with E-state index in [0.717, 1.165) is 30.5 Å². The van der Waals surface area contributed by atoms with Gasteiger partial charge in [0, 0.05) is 66.0 Å². The highest BCUT2D eigenvalue weighted by Gasteiger charge is 2.32. The Morgan fingerprint density at radius 2 is 1.78 bits per heavy atom. The second kappa shape index (κ2) is 11.4. The molecule has 1 N–H and O–H groups in total. The van der Waals surface area contributed by atoms with Crippen LogP contribution in [0.5, 0.6) is 0 Å². The number of amides is 1. The van der Waals surface area contributed by atoms with Gasteiger partial charge in [-0.05, 0) is 62.6 Å². The van der Waals surface area contributed by atoms with Gasteiger partial charge in [-0.2, -0.15) is 13.2 Å². The maximum absolute atomic E-state index is 13.6. The average Bonchev–Trinajstić information content (AvgIpc) is 3.71. The molecule has 10 heteroatoms. The molecule has 2 aromatic carbocycles. The van der Waals surface area contributed by atoms with E-state index in [2.05, 4.69) is 32.1 Å². The number of halogens is 3. The van der Waals surface area contributed by atoms with Crippen LogP contribution >= 0.6 is 0 Å². The van der Waals surface area contributed by atoms with Crippen molar-refractivity contribution in [1.82, 2.24) is 19.5 Å². The highest BCUT2D eigenvalue weighted by molar-refractivity contribution is 6.04. The number of ketones is 1. The molecule has 1 aliphatic rings. The number of aryl methyl sites for hydroxylation is 3. The topological polar surface area (TPSA) is 89.8 Å². The Morgan fingerprint density at radius 3 is 2.44 bits per heavy atom. The molecule has 0 radical (unpaired) electrons. The minimum absolute atomic E-state index is 0.00259. The predicted molar refractivity (Wildman–Crippen MR) is 146 cm³/mol. The van der Waals surface area contributed by atoms with E-state index in [-0.39, 0.29) is 28.6 Å². The van der Waals surface area contributed by atoms with Crippen molar-refractivity contribution in [1.29, 1.82) is 0 Å². The van der Waals surface area contributed by atoms with E-state index >= 15 is 0 Å². The first-order valence-corrected chi connectivity index (χ1v) is 13.1. The van der Waals surface area contributed by atoms with E-state index in [9.17, 15) is 22.8 Å². The van der Waals surface area contributed by atoms with Crippen LogP contribution in [0.25, 0.3) is 5.69 Å². The first-order valence-electron chi connectivity index (χ1n) is 13.1. The zero-order valence-electron chi connectivity index (χ0n) is 22.4. The van der Waals surface area contributed by atoms with Gasteiger partial charge in [-0.25, -0.2) is 15.0 Å². The lowest BCUT2D eigenvalue weighted by Crippen LogP contribution is -2.14. The van der Waals surface area contributed by atoms with Gasteiger partial charge >= 0.3 is 6.18 Å². The van der Waals surface area contributed by atoms with Crippen LogP contribution in [0.3, 0.4) is 0 Å². The van der Waals surface area contributed by atoms with Crippen LogP contribution in [-0.2, 0) is 17.4 Å². The maximum Gasteiger partial charge on any atom is 0.416 e. The molecule has 1 saturated carbocycles. The molecule has 0 saturated heterocycles. The van der Waals surface area contributed by atoms with Crippen molar-refractivity contribution < 1.29 is 22.8 Å². The fourth-order valence-corrected chi connectivity index (χ4v) is 4.27. The fraction of sp³-hybridized carbons (Fsp3) is 0.258. The van der Waals surface area contributed by atoms with Gasteiger partial charge < -0.3 is 9.88 Å². The smallest absolute Gasteiger partial charge is 0.322 e. The van der Waals surface area contributed by atoms with Gasteiger partial charge in [0.15, 0.2) is 0 Å². The SMILES string of the molecule is Cc1ccc(C(=O)Nc2cc(-n3ccnc3C)cc(C(F)(F)F)c2)cc1C#Cc1cnc(CCC(=O)C2CC2)nc1. The van der Waals surface area contributed by atoms with Crippen LogP contribution < -0.4 is 5.32 Å². The van der Waals surface area contributed by atoms with Crippen LogP contribution in [0.1, 0.15) is 63.5 Å². The third kappa shape index (κ3) is 6.87. The lowest BCUT2D eigenvalue weighted by molar-refractivity contribution is -0.137. The molecule has 1 aliphatic carbocycles. The number of hydrogen-bond donors (Lipinski definition) is 1. The Balaban J connectivity index is 1.32. The van der Waals surface area contributed by atoms with Crippen LogP contribution in [0.15, 0.2) is 61.2 Å². The zero-order valence-corrected chi connectivity index (χ0v) is 22.4. The molecule has 0 unspecified atom stereocenters. The molecule has 0 spiro atoms. The van der Waals surface area contributed by atoms with Gasteiger partial charge in [0.2, 0.25) is 0 Å². The summed E-state index contributed by atoms with van der Waals surface area (Å²) in [6.07, 6.45) is 4.52. The van der Waals surface area contributed by atoms with Gasteiger partial charge in [0.05, 0.1) is 11.1 Å². The number of carbonyl (C=O) groups excluding carboxylic acids is 2. The van der Waals surface area contributed by atoms with E-state index in [1.165, 1.54) is 16.8 Å². The Morgan fingerprint density at radius 1 is 1.02 bits per heavy atom. The summed E-state index contributed by atoms with van der Waals surface area (Å²) < 4.78 is 42.4. The maximum atomic E-state index is 13.6. The van der Waals surface area contributed by atoms with Crippen molar-refractivity contribution in [3.63, 3.8) is 0 Å². The van der Waals surface area contributed by atoms with Gasteiger partial charge in [-0.3, -0.25) is 9.59 Å². The van der Waals surface area contributed by atoms with Crippen LogP contribution in [0.2, 0.25) is 0 Å². The summed E-state index contributed by atoms with van der Waals surface area (Å²) >= 11 is 0. The molecule has 208 valence electrons. The van der Waals surface area contributed by atoms with Gasteiger partial charge in [0.25, 0.3) is 5.91 Å². The molecular weight excluding hydrogens is 531 g/mol. The fourth-order valence-electron chi connectivity index (χ4n) is 4.27. The predicted octanol–water partition coefficient (Wildman–Crippen LogP) is 5.86. The van der Waals surface area contributed by atoms with E-state index in [1.54, 1.807) is 43.7 Å². The number of imidazole rings is 1. The summed E-state index contributed by atoms with van der Waals surface area (Å²) in [5.41, 5.74) is 1.54. The molecule has 2 heterocycles. The number of nitrogens with zero attached hydrogens (tertiary/aromatic N) is 4. The number of nitrogens with one attached hydrogen (secondary N) is 1. The van der Waals surface area contributed by atoms with Gasteiger partial charge in [-0.15, -0.1) is 0 Å². The molecule has 1 amide bonds. The van der Waals surface area contributed by atoms with Crippen LogP contribution in [0.4, 0.5) is 18.9 Å². The standard InChI is InChI=1S/C31H26F3N5O2/c1-19-3-5-24(13-23(19)6-4-21-17-36-29(37-18-21)10-9-28(40)22-7-8-22)30(41)38-26-14-25(31(32,33)34)15-27(16-26)39-12-11-35-20(39)2/h3,5,11-18,22H,7-10H2,1-2H3,(H,38,41). The number of alkyl halides is 3. The second-order valence-corrected chi connectivity index (χ2v) is 9.97. The van der Waals surface area contributed by atoms with E-state index in [1.807, 2.05) is 6.92 Å².